The van der Waals surface area contributed by atoms with Gasteiger partial charge in [0.25, 0.3) is 5.91 Å². The molecule has 1 heterocycles. The molecule has 0 radical (unpaired) electrons. The average Bonchev–Trinajstić information content (AvgIpc) is 3.10. The molecule has 0 N–H and O–H groups in total. The zero-order valence-corrected chi connectivity index (χ0v) is 19.4. The Morgan fingerprint density at radius 2 is 1.68 bits per heavy atom. The molecule has 3 aromatic carbocycles. The first-order valence-electron chi connectivity index (χ1n) is 10.6. The lowest BCUT2D eigenvalue weighted by atomic mass is 10.1. The predicted octanol–water partition coefficient (Wildman–Crippen LogP) is 6.93. The van der Waals surface area contributed by atoms with Gasteiger partial charge in [-0.2, -0.15) is 0 Å². The summed E-state index contributed by atoms with van der Waals surface area (Å²) in [6, 6.07) is 24.2. The van der Waals surface area contributed by atoms with E-state index in [1.54, 1.807) is 4.90 Å². The Morgan fingerprint density at radius 1 is 0.968 bits per heavy atom. The number of halogens is 1. The molecule has 1 amide bonds. The number of hydrogen-bond acceptors (Lipinski definition) is 2. The maximum absolute atomic E-state index is 13.4. The standard InChI is InChI=1S/C27H25BrN2O/c1-3-4-7-20-14-16-22(17-15-20)26-29-24(18-21-12-10-19(2)11-13-21)27(31)30(26)25-9-6-5-8-23(25)28/h5-6,8-18H,3-4,7H2,1-2H3/b24-18-. The van der Waals surface area contributed by atoms with E-state index in [0.717, 1.165) is 27.7 Å². The third kappa shape index (κ3) is 4.70. The van der Waals surface area contributed by atoms with Gasteiger partial charge in [0.1, 0.15) is 11.5 Å². The van der Waals surface area contributed by atoms with E-state index in [4.69, 9.17) is 4.99 Å². The van der Waals surface area contributed by atoms with E-state index in [-0.39, 0.29) is 5.91 Å². The van der Waals surface area contributed by atoms with Gasteiger partial charge in [-0.1, -0.05) is 79.6 Å². The summed E-state index contributed by atoms with van der Waals surface area (Å²) in [5.41, 5.74) is 5.59. The van der Waals surface area contributed by atoms with Crippen LogP contribution in [0.5, 0.6) is 0 Å². The zero-order chi connectivity index (χ0) is 21.8. The molecule has 3 nitrogen and oxygen atoms in total. The van der Waals surface area contributed by atoms with E-state index in [0.29, 0.717) is 11.5 Å². The van der Waals surface area contributed by atoms with Crippen molar-refractivity contribution in [2.45, 2.75) is 33.1 Å². The van der Waals surface area contributed by atoms with Gasteiger partial charge < -0.3 is 0 Å². The minimum atomic E-state index is -0.127. The van der Waals surface area contributed by atoms with Crippen molar-refractivity contribution < 1.29 is 4.79 Å². The average molecular weight is 473 g/mol. The van der Waals surface area contributed by atoms with E-state index < -0.39 is 0 Å². The smallest absolute Gasteiger partial charge is 0.266 e. The molecular formula is C27H25BrN2O. The lowest BCUT2D eigenvalue weighted by Gasteiger charge is -2.20. The number of aryl methyl sites for hydroxylation is 2. The maximum atomic E-state index is 13.4. The first-order valence-corrected chi connectivity index (χ1v) is 11.4. The third-order valence-electron chi connectivity index (χ3n) is 5.37. The minimum Gasteiger partial charge on any atom is -0.266 e. The van der Waals surface area contributed by atoms with Crippen LogP contribution in [0.4, 0.5) is 5.69 Å². The van der Waals surface area contributed by atoms with E-state index in [9.17, 15) is 4.79 Å². The van der Waals surface area contributed by atoms with Crippen molar-refractivity contribution in [1.29, 1.82) is 0 Å². The summed E-state index contributed by atoms with van der Waals surface area (Å²) in [6.07, 6.45) is 5.26. The topological polar surface area (TPSA) is 32.7 Å². The molecule has 156 valence electrons. The van der Waals surface area contributed by atoms with Gasteiger partial charge in [-0.25, -0.2) is 4.99 Å². The molecule has 0 bridgehead atoms. The summed E-state index contributed by atoms with van der Waals surface area (Å²) in [5.74, 6) is 0.523. The van der Waals surface area contributed by atoms with Crippen molar-refractivity contribution in [3.05, 3.63) is 105 Å². The van der Waals surface area contributed by atoms with Crippen molar-refractivity contribution >= 4 is 39.4 Å². The Morgan fingerprint density at radius 3 is 2.35 bits per heavy atom. The second kappa shape index (κ2) is 9.44. The van der Waals surface area contributed by atoms with Gasteiger partial charge in [-0.05, 0) is 65.0 Å². The van der Waals surface area contributed by atoms with Gasteiger partial charge in [0.2, 0.25) is 0 Å². The van der Waals surface area contributed by atoms with Crippen LogP contribution in [-0.2, 0) is 11.2 Å². The number of para-hydroxylation sites is 1. The fourth-order valence-corrected chi connectivity index (χ4v) is 4.05. The van der Waals surface area contributed by atoms with E-state index >= 15 is 0 Å². The number of carbonyl (C=O) groups is 1. The lowest BCUT2D eigenvalue weighted by Crippen LogP contribution is -2.32. The van der Waals surface area contributed by atoms with Crippen LogP contribution in [-0.4, -0.2) is 11.7 Å². The summed E-state index contributed by atoms with van der Waals surface area (Å²) in [6.45, 7) is 4.25. The SMILES string of the molecule is CCCCc1ccc(C2=N/C(=C\c3ccc(C)cc3)C(=O)N2c2ccccc2Br)cc1. The van der Waals surface area contributed by atoms with Crippen LogP contribution in [0, 0.1) is 6.92 Å². The molecule has 0 unspecified atom stereocenters. The normalized spacial score (nSPS) is 14.9. The fourth-order valence-electron chi connectivity index (χ4n) is 3.59. The minimum absolute atomic E-state index is 0.127. The van der Waals surface area contributed by atoms with Crippen molar-refractivity contribution in [2.24, 2.45) is 4.99 Å². The largest absolute Gasteiger partial charge is 0.282 e. The Hall–Kier alpha value is -2.98. The van der Waals surface area contributed by atoms with Gasteiger partial charge in [0, 0.05) is 10.0 Å². The second-order valence-corrected chi connectivity index (χ2v) is 8.62. The van der Waals surface area contributed by atoms with Gasteiger partial charge in [-0.15, -0.1) is 0 Å². The number of carbonyl (C=O) groups excluding carboxylic acids is 1. The van der Waals surface area contributed by atoms with Crippen LogP contribution in [0.2, 0.25) is 0 Å². The van der Waals surface area contributed by atoms with Crippen LogP contribution in [0.1, 0.15) is 42.0 Å². The van der Waals surface area contributed by atoms with Crippen LogP contribution >= 0.6 is 15.9 Å². The zero-order valence-electron chi connectivity index (χ0n) is 17.8. The quantitative estimate of drug-likeness (QED) is 0.357. The molecule has 0 saturated carbocycles. The van der Waals surface area contributed by atoms with Crippen molar-refractivity contribution in [3.63, 3.8) is 0 Å². The molecule has 0 atom stereocenters. The van der Waals surface area contributed by atoms with Crippen LogP contribution in [0.25, 0.3) is 6.08 Å². The maximum Gasteiger partial charge on any atom is 0.282 e. The molecular weight excluding hydrogens is 448 g/mol. The molecule has 0 spiro atoms. The van der Waals surface area contributed by atoms with Crippen LogP contribution in [0.15, 0.2) is 88.0 Å². The molecule has 0 fully saturated rings. The second-order valence-electron chi connectivity index (χ2n) is 7.77. The molecule has 0 aliphatic carbocycles. The highest BCUT2D eigenvalue weighted by molar-refractivity contribution is 9.10. The third-order valence-corrected chi connectivity index (χ3v) is 6.04. The van der Waals surface area contributed by atoms with E-state index in [1.165, 1.54) is 24.0 Å². The van der Waals surface area contributed by atoms with Gasteiger partial charge in [0.15, 0.2) is 0 Å². The molecule has 3 aromatic rings. The number of nitrogens with zero attached hydrogens (tertiary/aromatic N) is 2. The Labute approximate surface area is 192 Å². The summed E-state index contributed by atoms with van der Waals surface area (Å²) in [5, 5.41) is 0. The van der Waals surface area contributed by atoms with Crippen LogP contribution < -0.4 is 4.90 Å². The number of amides is 1. The Kier molecular flexibility index (Phi) is 6.47. The number of unbranched alkanes of at least 4 members (excludes halogenated alkanes) is 1. The highest BCUT2D eigenvalue weighted by Gasteiger charge is 2.33. The number of hydrogen-bond donors (Lipinski definition) is 0. The monoisotopic (exact) mass is 472 g/mol. The van der Waals surface area contributed by atoms with Crippen molar-refractivity contribution in [2.75, 3.05) is 4.90 Å². The molecule has 0 saturated heterocycles. The Bertz CT molecular complexity index is 1140. The summed E-state index contributed by atoms with van der Waals surface area (Å²) >= 11 is 3.60. The fraction of sp³-hybridized carbons (Fsp3) is 0.185. The summed E-state index contributed by atoms with van der Waals surface area (Å²) < 4.78 is 0.854. The predicted molar refractivity (Wildman–Crippen MR) is 132 cm³/mol. The van der Waals surface area contributed by atoms with Gasteiger partial charge in [-0.3, -0.25) is 9.69 Å². The first-order chi connectivity index (χ1) is 15.1. The lowest BCUT2D eigenvalue weighted by molar-refractivity contribution is -0.113. The first kappa shape index (κ1) is 21.3. The number of benzene rings is 3. The molecule has 31 heavy (non-hydrogen) atoms. The number of amidine groups is 1. The van der Waals surface area contributed by atoms with E-state index in [2.05, 4.69) is 47.1 Å². The van der Waals surface area contributed by atoms with E-state index in [1.807, 2.05) is 61.5 Å². The molecule has 1 aliphatic heterocycles. The number of rotatable bonds is 6. The van der Waals surface area contributed by atoms with Crippen molar-refractivity contribution in [3.8, 4) is 0 Å². The Balaban J connectivity index is 1.76. The highest BCUT2D eigenvalue weighted by atomic mass is 79.9. The molecule has 0 aromatic heterocycles. The number of anilines is 1. The molecule has 4 heteroatoms. The summed E-state index contributed by atoms with van der Waals surface area (Å²) in [7, 11) is 0. The van der Waals surface area contributed by atoms with Crippen LogP contribution in [0.3, 0.4) is 0 Å². The molecule has 4 rings (SSSR count). The van der Waals surface area contributed by atoms with Gasteiger partial charge in [0.05, 0.1) is 5.69 Å². The number of aliphatic imine (C=N–C) groups is 1. The summed E-state index contributed by atoms with van der Waals surface area (Å²) in [4.78, 5) is 19.9. The molecule has 1 aliphatic rings. The van der Waals surface area contributed by atoms with Gasteiger partial charge >= 0.3 is 0 Å². The van der Waals surface area contributed by atoms with Crippen molar-refractivity contribution in [1.82, 2.24) is 0 Å². The highest BCUT2D eigenvalue weighted by Crippen LogP contribution is 2.33.